The summed E-state index contributed by atoms with van der Waals surface area (Å²) in [6.45, 7) is 3.94. The Hall–Kier alpha value is -0.940. The summed E-state index contributed by atoms with van der Waals surface area (Å²) in [7, 11) is 0. The Morgan fingerprint density at radius 2 is 2.38 bits per heavy atom. The maximum atomic E-state index is 11.6. The maximum absolute atomic E-state index is 11.6. The molecule has 1 heterocycles. The van der Waals surface area contributed by atoms with Gasteiger partial charge in [0.05, 0.1) is 0 Å². The zero-order valence-electron chi connectivity index (χ0n) is 9.20. The number of ether oxygens (including phenoxy) is 1. The van der Waals surface area contributed by atoms with E-state index in [0.717, 1.165) is 10.9 Å². The van der Waals surface area contributed by atoms with Gasteiger partial charge >= 0.3 is 0 Å². The van der Waals surface area contributed by atoms with Crippen molar-refractivity contribution in [3.05, 3.63) is 28.5 Å². The molecule has 0 aliphatic rings. The third-order valence-electron chi connectivity index (χ3n) is 1.92. The number of nitrogens with zero attached hydrogens (tertiary/aromatic N) is 1. The Bertz CT molecular complexity index is 327. The fourth-order valence-electron chi connectivity index (χ4n) is 1.12. The van der Waals surface area contributed by atoms with Crippen LogP contribution in [0, 0.1) is 0 Å². The van der Waals surface area contributed by atoms with Crippen molar-refractivity contribution in [1.82, 2.24) is 10.3 Å². The number of pyridine rings is 1. The molecule has 0 unspecified atom stereocenters. The minimum absolute atomic E-state index is 0.149. The number of amides is 1. The average molecular weight is 287 g/mol. The molecule has 0 saturated carbocycles. The van der Waals surface area contributed by atoms with Gasteiger partial charge in [-0.25, -0.2) is 4.98 Å². The zero-order chi connectivity index (χ0) is 11.8. The Kier molecular flexibility index (Phi) is 6.03. The first-order chi connectivity index (χ1) is 7.74. The molecule has 4 nitrogen and oxygen atoms in total. The molecule has 1 N–H and O–H groups in total. The number of halogens is 1. The van der Waals surface area contributed by atoms with E-state index in [1.165, 1.54) is 0 Å². The van der Waals surface area contributed by atoms with Crippen molar-refractivity contribution in [3.63, 3.8) is 0 Å². The molecule has 0 aliphatic carbocycles. The van der Waals surface area contributed by atoms with Gasteiger partial charge in [0.15, 0.2) is 0 Å². The van der Waals surface area contributed by atoms with E-state index in [0.29, 0.717) is 25.5 Å². The molecule has 0 bridgehead atoms. The first-order valence-corrected chi connectivity index (χ1v) is 6.01. The third-order valence-corrected chi connectivity index (χ3v) is 2.38. The molecule has 0 saturated heterocycles. The van der Waals surface area contributed by atoms with Crippen molar-refractivity contribution < 1.29 is 9.53 Å². The van der Waals surface area contributed by atoms with E-state index < -0.39 is 0 Å². The molecule has 1 aromatic heterocycles. The lowest BCUT2D eigenvalue weighted by atomic mass is 10.3. The molecule has 0 fully saturated rings. The molecule has 0 atom stereocenters. The lowest BCUT2D eigenvalue weighted by Gasteiger charge is -2.04. The summed E-state index contributed by atoms with van der Waals surface area (Å²) in [6, 6.07) is 3.48. The number of rotatable bonds is 6. The van der Waals surface area contributed by atoms with Gasteiger partial charge in [-0.3, -0.25) is 4.79 Å². The van der Waals surface area contributed by atoms with Crippen LogP contribution in [0.2, 0.25) is 0 Å². The van der Waals surface area contributed by atoms with Gasteiger partial charge in [-0.2, -0.15) is 0 Å². The van der Waals surface area contributed by atoms with Gasteiger partial charge in [0.25, 0.3) is 5.91 Å². The summed E-state index contributed by atoms with van der Waals surface area (Å²) < 4.78 is 6.03. The monoisotopic (exact) mass is 286 g/mol. The normalized spacial score (nSPS) is 10.1. The van der Waals surface area contributed by atoms with Crippen LogP contribution in [-0.2, 0) is 4.74 Å². The predicted molar refractivity (Wildman–Crippen MR) is 65.4 cm³/mol. The van der Waals surface area contributed by atoms with Crippen molar-refractivity contribution in [2.75, 3.05) is 19.8 Å². The Labute approximate surface area is 104 Å². The molecule has 16 heavy (non-hydrogen) atoms. The first kappa shape index (κ1) is 13.1. The summed E-state index contributed by atoms with van der Waals surface area (Å²) in [5, 5.41) is 2.78. The summed E-state index contributed by atoms with van der Waals surface area (Å²) >= 11 is 3.26. The summed E-state index contributed by atoms with van der Waals surface area (Å²) in [4.78, 5) is 15.6. The van der Waals surface area contributed by atoms with E-state index in [-0.39, 0.29) is 5.91 Å². The van der Waals surface area contributed by atoms with Crippen LogP contribution in [0.4, 0.5) is 0 Å². The Morgan fingerprint density at radius 1 is 1.56 bits per heavy atom. The Balaban J connectivity index is 2.27. The minimum Gasteiger partial charge on any atom is -0.382 e. The van der Waals surface area contributed by atoms with E-state index >= 15 is 0 Å². The van der Waals surface area contributed by atoms with E-state index in [4.69, 9.17) is 4.74 Å². The van der Waals surface area contributed by atoms with Crippen LogP contribution in [-0.4, -0.2) is 30.6 Å². The number of carbonyl (C=O) groups excluding carboxylic acids is 1. The van der Waals surface area contributed by atoms with Gasteiger partial charge in [-0.15, -0.1) is 0 Å². The van der Waals surface area contributed by atoms with Gasteiger partial charge in [0.2, 0.25) is 0 Å². The van der Waals surface area contributed by atoms with E-state index in [1.54, 1.807) is 18.3 Å². The highest BCUT2D eigenvalue weighted by Gasteiger charge is 2.05. The van der Waals surface area contributed by atoms with Crippen LogP contribution in [0.1, 0.15) is 23.8 Å². The fourth-order valence-corrected chi connectivity index (χ4v) is 1.36. The average Bonchev–Trinajstić information content (AvgIpc) is 2.29. The van der Waals surface area contributed by atoms with Crippen LogP contribution >= 0.6 is 15.9 Å². The second-order valence-electron chi connectivity index (χ2n) is 3.17. The van der Waals surface area contributed by atoms with Gasteiger partial charge in [-0.05, 0) is 41.4 Å². The maximum Gasteiger partial charge on any atom is 0.269 e. The van der Waals surface area contributed by atoms with Crippen LogP contribution < -0.4 is 5.32 Å². The zero-order valence-corrected chi connectivity index (χ0v) is 10.8. The van der Waals surface area contributed by atoms with Crippen LogP contribution in [0.25, 0.3) is 0 Å². The lowest BCUT2D eigenvalue weighted by Crippen LogP contribution is -2.26. The molecule has 1 rings (SSSR count). The van der Waals surface area contributed by atoms with Gasteiger partial charge < -0.3 is 10.1 Å². The van der Waals surface area contributed by atoms with E-state index in [9.17, 15) is 4.79 Å². The highest BCUT2D eigenvalue weighted by atomic mass is 79.9. The van der Waals surface area contributed by atoms with Crippen LogP contribution in [0.5, 0.6) is 0 Å². The van der Waals surface area contributed by atoms with Crippen molar-refractivity contribution >= 4 is 21.8 Å². The number of hydrogen-bond acceptors (Lipinski definition) is 3. The third kappa shape index (κ3) is 4.72. The summed E-state index contributed by atoms with van der Waals surface area (Å²) in [5.41, 5.74) is 0.430. The molecule has 0 radical (unpaired) electrons. The number of carbonyl (C=O) groups is 1. The molecular formula is C11H15BrN2O2. The quantitative estimate of drug-likeness (QED) is 0.814. The second-order valence-corrected chi connectivity index (χ2v) is 4.08. The summed E-state index contributed by atoms with van der Waals surface area (Å²) in [5.74, 6) is -0.149. The van der Waals surface area contributed by atoms with Gasteiger partial charge in [0.1, 0.15) is 5.69 Å². The largest absolute Gasteiger partial charge is 0.382 e. The van der Waals surface area contributed by atoms with Gasteiger partial charge in [0, 0.05) is 30.4 Å². The van der Waals surface area contributed by atoms with Crippen molar-refractivity contribution in [2.24, 2.45) is 0 Å². The number of hydrogen-bond donors (Lipinski definition) is 1. The predicted octanol–water partition coefficient (Wildman–Crippen LogP) is 2.00. The summed E-state index contributed by atoms with van der Waals surface area (Å²) in [6.07, 6.45) is 2.42. The lowest BCUT2D eigenvalue weighted by molar-refractivity contribution is 0.0939. The van der Waals surface area contributed by atoms with Crippen molar-refractivity contribution in [1.29, 1.82) is 0 Å². The fraction of sp³-hybridized carbons (Fsp3) is 0.455. The van der Waals surface area contributed by atoms with Crippen LogP contribution in [0.3, 0.4) is 0 Å². The van der Waals surface area contributed by atoms with Gasteiger partial charge in [-0.1, -0.05) is 0 Å². The smallest absolute Gasteiger partial charge is 0.269 e. The minimum atomic E-state index is -0.149. The second kappa shape index (κ2) is 7.35. The van der Waals surface area contributed by atoms with Crippen LogP contribution in [0.15, 0.2) is 22.8 Å². The van der Waals surface area contributed by atoms with Crippen molar-refractivity contribution in [2.45, 2.75) is 13.3 Å². The molecule has 5 heteroatoms. The standard InChI is InChI=1S/C11H15BrN2O2/c1-2-16-7-3-6-13-11(15)10-5-4-9(12)8-14-10/h4-5,8H,2-3,6-7H2,1H3,(H,13,15). The highest BCUT2D eigenvalue weighted by molar-refractivity contribution is 9.10. The molecule has 1 aromatic rings. The molecular weight excluding hydrogens is 272 g/mol. The number of nitrogens with one attached hydrogen (secondary N) is 1. The molecule has 0 spiro atoms. The Morgan fingerprint density at radius 3 is 3.00 bits per heavy atom. The number of aromatic nitrogens is 1. The topological polar surface area (TPSA) is 51.2 Å². The molecule has 0 aromatic carbocycles. The molecule has 88 valence electrons. The first-order valence-electron chi connectivity index (χ1n) is 5.21. The highest BCUT2D eigenvalue weighted by Crippen LogP contribution is 2.07. The molecule has 1 amide bonds. The SMILES string of the molecule is CCOCCCNC(=O)c1ccc(Br)cn1. The van der Waals surface area contributed by atoms with E-state index in [2.05, 4.69) is 26.2 Å². The van der Waals surface area contributed by atoms with Crippen molar-refractivity contribution in [3.8, 4) is 0 Å². The van der Waals surface area contributed by atoms with E-state index in [1.807, 2.05) is 6.92 Å². The molecule has 0 aliphatic heterocycles.